The first-order valence-corrected chi connectivity index (χ1v) is 23.9. The van der Waals surface area contributed by atoms with E-state index in [1.165, 1.54) is 135 Å². The molecule has 0 unspecified atom stereocenters. The molecule has 13 rings (SSSR count). The predicted octanol–water partition coefficient (Wildman–Crippen LogP) is 16.8. The van der Waals surface area contributed by atoms with Crippen LogP contribution in [0.25, 0.3) is 20.2 Å². The van der Waals surface area contributed by atoms with Crippen LogP contribution < -0.4 is 9.80 Å². The minimum Gasteiger partial charge on any atom is -0.311 e. The number of nitrogens with zero attached hydrogens (tertiary/aromatic N) is 2. The second-order valence-electron chi connectivity index (χ2n) is 18.8. The highest BCUT2D eigenvalue weighted by atomic mass is 32.1. The molecule has 0 saturated heterocycles. The normalized spacial score (nSPS) is 23.4. The Kier molecular flexibility index (Phi) is 9.36. The Bertz CT molecular complexity index is 2750. The number of hydrogen-bond acceptors (Lipinski definition) is 3. The molecular weight excluding hydrogens is 757 g/mol. The fourth-order valence-corrected chi connectivity index (χ4v) is 14.2. The molecule has 1 heterocycles. The van der Waals surface area contributed by atoms with Gasteiger partial charge in [0.05, 0.1) is 5.69 Å². The van der Waals surface area contributed by atoms with Gasteiger partial charge in [-0.3, -0.25) is 0 Å². The third-order valence-electron chi connectivity index (χ3n) is 15.5. The van der Waals surface area contributed by atoms with Gasteiger partial charge in [0.25, 0.3) is 0 Å². The highest BCUT2D eigenvalue weighted by Crippen LogP contribution is 2.65. The summed E-state index contributed by atoms with van der Waals surface area (Å²) in [7, 11) is 0. The number of fused-ring (bicyclic) bond motifs is 3. The van der Waals surface area contributed by atoms with Gasteiger partial charge in [-0.15, -0.1) is 11.3 Å². The molecule has 0 amide bonds. The standard InChI is InChI=1S/C58H54N2S/c1-4-13-42(14-5-1)43-23-29-50(30-24-43)59(48-15-6-2-7-16-48)51-31-25-44(26-32-51)58(46-36-40-35-41(38-46)39-47(58)37-40)45-27-33-52(34-28-45)60(49-17-8-3-9-18-49)54-20-12-22-56-57(54)53-19-10-11-21-55(53)61-56/h2-3,6-12,15-34,40-42,46-47H,1,4-5,13-14,35-39H2. The first-order valence-electron chi connectivity index (χ1n) is 23.1. The van der Waals surface area contributed by atoms with Crippen molar-refractivity contribution < 1.29 is 0 Å². The van der Waals surface area contributed by atoms with Crippen molar-refractivity contribution in [1.82, 2.24) is 0 Å². The Morgan fingerprint density at radius 2 is 0.902 bits per heavy atom. The Morgan fingerprint density at radius 3 is 1.51 bits per heavy atom. The van der Waals surface area contributed by atoms with Crippen molar-refractivity contribution >= 4 is 65.6 Å². The Balaban J connectivity index is 0.947. The maximum absolute atomic E-state index is 2.53. The second-order valence-corrected chi connectivity index (χ2v) is 19.9. The topological polar surface area (TPSA) is 6.48 Å². The summed E-state index contributed by atoms with van der Waals surface area (Å²) in [5.74, 6) is 3.79. The maximum Gasteiger partial charge on any atom is 0.0554 e. The van der Waals surface area contributed by atoms with E-state index in [2.05, 4.69) is 186 Å². The van der Waals surface area contributed by atoms with E-state index in [9.17, 15) is 0 Å². The zero-order chi connectivity index (χ0) is 40.3. The van der Waals surface area contributed by atoms with Crippen molar-refractivity contribution in [1.29, 1.82) is 0 Å². The van der Waals surface area contributed by atoms with Crippen LogP contribution in [-0.2, 0) is 5.41 Å². The van der Waals surface area contributed by atoms with Crippen LogP contribution in [0, 0.1) is 23.7 Å². The van der Waals surface area contributed by atoms with Crippen LogP contribution in [0.4, 0.5) is 34.1 Å². The molecule has 0 N–H and O–H groups in total. The van der Waals surface area contributed by atoms with Gasteiger partial charge in [0.2, 0.25) is 0 Å². The minimum absolute atomic E-state index is 0.00481. The molecule has 0 aliphatic heterocycles. The van der Waals surface area contributed by atoms with Gasteiger partial charge < -0.3 is 9.80 Å². The lowest BCUT2D eigenvalue weighted by Crippen LogP contribution is -2.56. The lowest BCUT2D eigenvalue weighted by atomic mass is 9.42. The minimum atomic E-state index is 0.00481. The molecule has 7 aromatic carbocycles. The lowest BCUT2D eigenvalue weighted by Gasteiger charge is -2.62. The molecule has 4 bridgehead atoms. The smallest absolute Gasteiger partial charge is 0.0554 e. The summed E-state index contributed by atoms with van der Waals surface area (Å²) in [5.41, 5.74) is 11.8. The Hall–Kier alpha value is -5.64. The number of anilines is 6. The number of rotatable bonds is 9. The van der Waals surface area contributed by atoms with Crippen LogP contribution in [-0.4, -0.2) is 0 Å². The van der Waals surface area contributed by atoms with Gasteiger partial charge >= 0.3 is 0 Å². The van der Waals surface area contributed by atoms with Crippen LogP contribution in [0.15, 0.2) is 176 Å². The average Bonchev–Trinajstić information content (AvgIpc) is 3.71. The van der Waals surface area contributed by atoms with E-state index >= 15 is 0 Å². The largest absolute Gasteiger partial charge is 0.311 e. The predicted molar refractivity (Wildman–Crippen MR) is 259 cm³/mol. The average molecular weight is 811 g/mol. The first-order chi connectivity index (χ1) is 30.2. The second kappa shape index (κ2) is 15.4. The molecule has 5 aliphatic carbocycles. The monoisotopic (exact) mass is 810 g/mol. The molecule has 0 atom stereocenters. The molecule has 5 fully saturated rings. The highest BCUT2D eigenvalue weighted by Gasteiger charge is 2.58. The van der Waals surface area contributed by atoms with E-state index in [0.717, 1.165) is 11.8 Å². The summed E-state index contributed by atoms with van der Waals surface area (Å²) in [4.78, 5) is 4.95. The molecule has 8 aromatic rings. The van der Waals surface area contributed by atoms with Crippen LogP contribution in [0.2, 0.25) is 0 Å². The lowest BCUT2D eigenvalue weighted by molar-refractivity contribution is -0.0418. The fraction of sp³-hybridized carbons (Fsp3) is 0.276. The molecule has 5 saturated carbocycles. The third kappa shape index (κ3) is 6.34. The highest BCUT2D eigenvalue weighted by molar-refractivity contribution is 7.26. The quantitative estimate of drug-likeness (QED) is 0.143. The fourth-order valence-electron chi connectivity index (χ4n) is 13.1. The van der Waals surface area contributed by atoms with Crippen molar-refractivity contribution in [3.8, 4) is 0 Å². The molecule has 0 radical (unpaired) electrons. The molecule has 3 heteroatoms. The molecule has 61 heavy (non-hydrogen) atoms. The molecule has 302 valence electrons. The van der Waals surface area contributed by atoms with E-state index in [4.69, 9.17) is 0 Å². The van der Waals surface area contributed by atoms with E-state index in [1.54, 1.807) is 0 Å². The summed E-state index contributed by atoms with van der Waals surface area (Å²) in [6.07, 6.45) is 13.6. The van der Waals surface area contributed by atoms with Gasteiger partial charge in [-0.1, -0.05) is 116 Å². The zero-order valence-electron chi connectivity index (χ0n) is 35.0. The summed E-state index contributed by atoms with van der Waals surface area (Å²) in [6.45, 7) is 0. The van der Waals surface area contributed by atoms with Crippen molar-refractivity contribution in [2.75, 3.05) is 9.80 Å². The maximum atomic E-state index is 2.53. The van der Waals surface area contributed by atoms with Gasteiger partial charge in [-0.05, 0) is 170 Å². The molecule has 1 aromatic heterocycles. The van der Waals surface area contributed by atoms with E-state index in [0.29, 0.717) is 17.8 Å². The third-order valence-corrected chi connectivity index (χ3v) is 16.6. The Labute approximate surface area is 365 Å². The molecule has 0 spiro atoms. The summed E-state index contributed by atoms with van der Waals surface area (Å²) >= 11 is 1.89. The molecule has 5 aliphatic rings. The number of hydrogen-bond donors (Lipinski definition) is 0. The van der Waals surface area contributed by atoms with E-state index in [-0.39, 0.29) is 5.41 Å². The molecule has 2 nitrogen and oxygen atoms in total. The summed E-state index contributed by atoms with van der Waals surface area (Å²) in [5, 5.41) is 2.66. The number of para-hydroxylation sites is 2. The summed E-state index contributed by atoms with van der Waals surface area (Å²) < 4.78 is 2.66. The first kappa shape index (κ1) is 37.1. The van der Waals surface area contributed by atoms with Crippen LogP contribution in [0.3, 0.4) is 0 Å². The van der Waals surface area contributed by atoms with Gasteiger partial charge in [-0.2, -0.15) is 0 Å². The van der Waals surface area contributed by atoms with Crippen molar-refractivity contribution in [3.63, 3.8) is 0 Å². The van der Waals surface area contributed by atoms with Gasteiger partial charge in [0, 0.05) is 54.0 Å². The van der Waals surface area contributed by atoms with Crippen molar-refractivity contribution in [2.45, 2.75) is 75.5 Å². The number of benzene rings is 7. The van der Waals surface area contributed by atoms with Crippen molar-refractivity contribution in [3.05, 3.63) is 193 Å². The van der Waals surface area contributed by atoms with Crippen LogP contribution in [0.5, 0.6) is 0 Å². The number of thiophene rings is 1. The van der Waals surface area contributed by atoms with E-state index in [1.807, 2.05) is 11.3 Å². The van der Waals surface area contributed by atoms with E-state index < -0.39 is 0 Å². The SMILES string of the molecule is c1ccc(N(c2ccc(C3CCCCC3)cc2)c2ccc(C3(c4ccc(N(c5ccccc5)c5cccc6sc7ccccc7c56)cc4)C4CC5CC(C4)CC3C5)cc2)cc1. The van der Waals surface area contributed by atoms with Crippen LogP contribution >= 0.6 is 11.3 Å². The van der Waals surface area contributed by atoms with Crippen LogP contribution in [0.1, 0.15) is 86.8 Å². The summed E-state index contributed by atoms with van der Waals surface area (Å²) in [6, 6.07) is 67.0. The Morgan fingerprint density at radius 1 is 0.410 bits per heavy atom. The van der Waals surface area contributed by atoms with Crippen molar-refractivity contribution in [2.24, 2.45) is 23.7 Å². The van der Waals surface area contributed by atoms with Gasteiger partial charge in [-0.25, -0.2) is 0 Å². The van der Waals surface area contributed by atoms with Gasteiger partial charge in [0.15, 0.2) is 0 Å². The van der Waals surface area contributed by atoms with Gasteiger partial charge in [0.1, 0.15) is 0 Å². The zero-order valence-corrected chi connectivity index (χ0v) is 35.8. The molecular formula is C58H54N2S.